The molecule has 1 N–H and O–H groups in total. The van der Waals surface area contributed by atoms with Crippen LogP contribution in [0.15, 0.2) is 42.5 Å². The second-order valence-corrected chi connectivity index (χ2v) is 7.93. The summed E-state index contributed by atoms with van der Waals surface area (Å²) in [6.07, 6.45) is 1.14. The minimum atomic E-state index is -0.502. The van der Waals surface area contributed by atoms with Gasteiger partial charge in [0.25, 0.3) is 0 Å². The first-order valence-corrected chi connectivity index (χ1v) is 9.33. The Morgan fingerprint density at radius 2 is 1.71 bits per heavy atom. The van der Waals surface area contributed by atoms with Crippen LogP contribution in [-0.4, -0.2) is 30.9 Å². The molecule has 6 heteroatoms. The summed E-state index contributed by atoms with van der Waals surface area (Å²) in [4.78, 5) is 11.8. The topological polar surface area (TPSA) is 56.8 Å². The van der Waals surface area contributed by atoms with Crippen molar-refractivity contribution in [3.63, 3.8) is 0 Å². The summed E-state index contributed by atoms with van der Waals surface area (Å²) in [5.41, 5.74) is 1.17. The van der Waals surface area contributed by atoms with E-state index in [0.717, 1.165) is 29.7 Å². The molecular formula is C22H26FNO4. The van der Waals surface area contributed by atoms with E-state index >= 15 is 0 Å². The van der Waals surface area contributed by atoms with Crippen molar-refractivity contribution in [3.05, 3.63) is 48.3 Å². The van der Waals surface area contributed by atoms with Gasteiger partial charge in [-0.2, -0.15) is 0 Å². The fraction of sp³-hybridized carbons (Fsp3) is 0.409. The minimum absolute atomic E-state index is 0.0595. The number of methoxy groups -OCH3 is 1. The molecule has 1 aliphatic carbocycles. The number of amides is 1. The lowest BCUT2D eigenvalue weighted by atomic mass is 9.89. The molecule has 0 aromatic heterocycles. The van der Waals surface area contributed by atoms with Crippen molar-refractivity contribution in [1.29, 1.82) is 0 Å². The Morgan fingerprint density at radius 3 is 2.29 bits per heavy atom. The molecule has 3 rings (SSSR count). The van der Waals surface area contributed by atoms with Crippen LogP contribution < -0.4 is 14.8 Å². The predicted molar refractivity (Wildman–Crippen MR) is 105 cm³/mol. The molecule has 0 saturated heterocycles. The Hall–Kier alpha value is -2.76. The molecule has 0 spiro atoms. The van der Waals surface area contributed by atoms with Gasteiger partial charge in [0.15, 0.2) is 11.6 Å². The molecule has 2 aromatic carbocycles. The van der Waals surface area contributed by atoms with E-state index in [-0.39, 0.29) is 17.9 Å². The third kappa shape index (κ3) is 5.15. The van der Waals surface area contributed by atoms with E-state index in [2.05, 4.69) is 5.32 Å². The second kappa shape index (κ2) is 8.09. The van der Waals surface area contributed by atoms with E-state index in [0.29, 0.717) is 0 Å². The molecule has 1 aliphatic rings. The zero-order valence-corrected chi connectivity index (χ0v) is 16.6. The lowest BCUT2D eigenvalue weighted by Gasteiger charge is -2.36. The Balaban J connectivity index is 1.49. The van der Waals surface area contributed by atoms with Crippen LogP contribution in [0.2, 0.25) is 0 Å². The van der Waals surface area contributed by atoms with Gasteiger partial charge in [-0.05, 0) is 56.2 Å². The SMILES string of the molecule is COc1ccc(-c2ccc(OC3CC(NC(=O)OC(C)(C)C)C3)cc2)cc1F. The van der Waals surface area contributed by atoms with Gasteiger partial charge in [-0.3, -0.25) is 0 Å². The van der Waals surface area contributed by atoms with Crippen molar-refractivity contribution in [1.82, 2.24) is 5.32 Å². The number of benzene rings is 2. The molecule has 0 atom stereocenters. The highest BCUT2D eigenvalue weighted by molar-refractivity contribution is 5.68. The summed E-state index contributed by atoms with van der Waals surface area (Å²) in [6, 6.07) is 12.5. The maximum atomic E-state index is 13.9. The lowest BCUT2D eigenvalue weighted by molar-refractivity contribution is 0.0363. The van der Waals surface area contributed by atoms with Gasteiger partial charge in [0, 0.05) is 18.9 Å². The highest BCUT2D eigenvalue weighted by Gasteiger charge is 2.33. The van der Waals surface area contributed by atoms with E-state index in [1.54, 1.807) is 6.07 Å². The van der Waals surface area contributed by atoms with Crippen molar-refractivity contribution in [3.8, 4) is 22.6 Å². The number of carbonyl (C=O) groups is 1. The first-order chi connectivity index (χ1) is 13.2. The molecular weight excluding hydrogens is 361 g/mol. The first-order valence-electron chi connectivity index (χ1n) is 9.33. The van der Waals surface area contributed by atoms with Crippen molar-refractivity contribution in [2.45, 2.75) is 51.4 Å². The van der Waals surface area contributed by atoms with Gasteiger partial charge >= 0.3 is 6.09 Å². The van der Waals surface area contributed by atoms with E-state index in [1.165, 1.54) is 13.2 Å². The molecule has 5 nitrogen and oxygen atoms in total. The Labute approximate surface area is 164 Å². The summed E-state index contributed by atoms with van der Waals surface area (Å²) < 4.78 is 30.0. The average molecular weight is 387 g/mol. The number of hydrogen-bond donors (Lipinski definition) is 1. The standard InChI is InChI=1S/C22H26FNO4/c1-22(2,3)28-21(25)24-16-12-18(13-16)27-17-8-5-14(6-9-17)15-7-10-20(26-4)19(23)11-15/h5-11,16,18H,12-13H2,1-4H3,(H,24,25). The Morgan fingerprint density at radius 1 is 1.07 bits per heavy atom. The summed E-state index contributed by atoms with van der Waals surface area (Å²) in [6.45, 7) is 5.51. The molecule has 150 valence electrons. The normalized spacial score (nSPS) is 18.8. The summed E-state index contributed by atoms with van der Waals surface area (Å²) in [5.74, 6) is 0.583. The average Bonchev–Trinajstić information content (AvgIpc) is 2.59. The summed E-state index contributed by atoms with van der Waals surface area (Å²) in [7, 11) is 1.44. The molecule has 0 unspecified atom stereocenters. The minimum Gasteiger partial charge on any atom is -0.494 e. The van der Waals surface area contributed by atoms with Crippen molar-refractivity contribution in [2.75, 3.05) is 7.11 Å². The first kappa shape index (κ1) is 20.0. The molecule has 1 fully saturated rings. The molecule has 1 amide bonds. The van der Waals surface area contributed by atoms with Gasteiger partial charge in [0.2, 0.25) is 0 Å². The van der Waals surface area contributed by atoms with Crippen LogP contribution in [-0.2, 0) is 4.74 Å². The largest absolute Gasteiger partial charge is 0.494 e. The van der Waals surface area contributed by atoms with E-state index in [4.69, 9.17) is 14.2 Å². The van der Waals surface area contributed by atoms with Crippen LogP contribution in [0.1, 0.15) is 33.6 Å². The van der Waals surface area contributed by atoms with Crippen LogP contribution in [0, 0.1) is 5.82 Å². The van der Waals surface area contributed by atoms with Crippen molar-refractivity contribution >= 4 is 6.09 Å². The van der Waals surface area contributed by atoms with E-state index in [9.17, 15) is 9.18 Å². The number of alkyl carbamates (subject to hydrolysis) is 1. The number of carbonyl (C=O) groups excluding carboxylic acids is 1. The van der Waals surface area contributed by atoms with Gasteiger partial charge in [0.1, 0.15) is 17.5 Å². The van der Waals surface area contributed by atoms with Crippen molar-refractivity contribution < 1.29 is 23.4 Å². The third-order valence-electron chi connectivity index (χ3n) is 4.46. The maximum absolute atomic E-state index is 13.9. The quantitative estimate of drug-likeness (QED) is 0.790. The van der Waals surface area contributed by atoms with Crippen LogP contribution in [0.3, 0.4) is 0 Å². The molecule has 0 radical (unpaired) electrons. The lowest BCUT2D eigenvalue weighted by Crippen LogP contribution is -2.50. The molecule has 1 saturated carbocycles. The zero-order valence-electron chi connectivity index (χ0n) is 16.6. The number of ether oxygens (including phenoxy) is 3. The van der Waals surface area contributed by atoms with Crippen molar-refractivity contribution in [2.24, 2.45) is 0 Å². The van der Waals surface area contributed by atoms with Gasteiger partial charge in [-0.25, -0.2) is 9.18 Å². The monoisotopic (exact) mass is 387 g/mol. The molecule has 0 aliphatic heterocycles. The second-order valence-electron chi connectivity index (χ2n) is 7.93. The number of halogens is 1. The van der Waals surface area contributed by atoms with Gasteiger partial charge in [-0.1, -0.05) is 18.2 Å². The van der Waals surface area contributed by atoms with Gasteiger partial charge in [-0.15, -0.1) is 0 Å². The maximum Gasteiger partial charge on any atom is 0.407 e. The Kier molecular flexibility index (Phi) is 5.77. The molecule has 28 heavy (non-hydrogen) atoms. The highest BCUT2D eigenvalue weighted by Crippen LogP contribution is 2.30. The fourth-order valence-corrected chi connectivity index (χ4v) is 3.02. The van der Waals surface area contributed by atoms with Crippen LogP contribution >= 0.6 is 0 Å². The fourth-order valence-electron chi connectivity index (χ4n) is 3.02. The van der Waals surface area contributed by atoms with Crippen LogP contribution in [0.4, 0.5) is 9.18 Å². The number of rotatable bonds is 5. The highest BCUT2D eigenvalue weighted by atomic mass is 19.1. The summed E-state index contributed by atoms with van der Waals surface area (Å²) >= 11 is 0. The van der Waals surface area contributed by atoms with Crippen LogP contribution in [0.25, 0.3) is 11.1 Å². The number of hydrogen-bond acceptors (Lipinski definition) is 4. The Bertz CT molecular complexity index is 823. The van der Waals surface area contributed by atoms with Crippen LogP contribution in [0.5, 0.6) is 11.5 Å². The summed E-state index contributed by atoms with van der Waals surface area (Å²) in [5, 5.41) is 2.85. The molecule has 0 heterocycles. The van der Waals surface area contributed by atoms with Gasteiger partial charge < -0.3 is 19.5 Å². The van der Waals surface area contributed by atoms with E-state index in [1.807, 2.05) is 51.1 Å². The molecule has 2 aromatic rings. The zero-order chi connectivity index (χ0) is 20.3. The third-order valence-corrected chi connectivity index (χ3v) is 4.46. The molecule has 0 bridgehead atoms. The number of nitrogens with one attached hydrogen (secondary N) is 1. The smallest absolute Gasteiger partial charge is 0.407 e. The predicted octanol–water partition coefficient (Wildman–Crippen LogP) is 4.94. The van der Waals surface area contributed by atoms with Gasteiger partial charge in [0.05, 0.1) is 7.11 Å². The van der Waals surface area contributed by atoms with E-state index < -0.39 is 17.5 Å².